The average molecular weight is 390 g/mol. The van der Waals surface area contributed by atoms with Crippen LogP contribution in [0.3, 0.4) is 0 Å². The van der Waals surface area contributed by atoms with Gasteiger partial charge >= 0.3 is 6.18 Å². The smallest absolute Gasteiger partial charge is 0.338 e. The lowest BCUT2D eigenvalue weighted by atomic mass is 10.3. The van der Waals surface area contributed by atoms with Gasteiger partial charge in [0.1, 0.15) is 16.4 Å². The van der Waals surface area contributed by atoms with Crippen molar-refractivity contribution in [2.45, 2.75) is 11.1 Å². The van der Waals surface area contributed by atoms with Crippen LogP contribution in [0.5, 0.6) is 0 Å². The van der Waals surface area contributed by atoms with Crippen molar-refractivity contribution in [1.29, 1.82) is 0 Å². The highest BCUT2D eigenvalue weighted by Crippen LogP contribution is 2.28. The predicted octanol–water partition coefficient (Wildman–Crippen LogP) is 2.15. The molecule has 1 aliphatic rings. The summed E-state index contributed by atoms with van der Waals surface area (Å²) < 4.78 is 78.2. The molecule has 1 aliphatic heterocycles. The lowest BCUT2D eigenvalue weighted by molar-refractivity contribution is -0.141. The van der Waals surface area contributed by atoms with E-state index in [2.05, 4.69) is 9.97 Å². The van der Waals surface area contributed by atoms with Crippen LogP contribution >= 0.6 is 0 Å². The van der Waals surface area contributed by atoms with E-state index in [1.54, 1.807) is 0 Å². The summed E-state index contributed by atoms with van der Waals surface area (Å²) in [5, 5.41) is 0. The van der Waals surface area contributed by atoms with Crippen LogP contribution < -0.4 is 4.90 Å². The molecule has 0 spiro atoms. The molecular formula is C15H14F4N4O2S. The Labute approximate surface area is 147 Å². The Hall–Kier alpha value is -2.27. The van der Waals surface area contributed by atoms with Gasteiger partial charge in [-0.15, -0.1) is 0 Å². The summed E-state index contributed by atoms with van der Waals surface area (Å²) in [5.74, 6) is -0.973. The summed E-state index contributed by atoms with van der Waals surface area (Å²) >= 11 is 0. The quantitative estimate of drug-likeness (QED) is 0.752. The molecule has 1 aromatic heterocycles. The molecule has 26 heavy (non-hydrogen) atoms. The summed E-state index contributed by atoms with van der Waals surface area (Å²) in [4.78, 5) is 8.35. The van der Waals surface area contributed by atoms with Gasteiger partial charge in [0.25, 0.3) is 0 Å². The summed E-state index contributed by atoms with van der Waals surface area (Å²) in [6, 6.07) is 5.80. The van der Waals surface area contributed by atoms with Gasteiger partial charge in [-0.2, -0.15) is 17.5 Å². The fraction of sp³-hybridized carbons (Fsp3) is 0.333. The van der Waals surface area contributed by atoms with Gasteiger partial charge < -0.3 is 4.90 Å². The van der Waals surface area contributed by atoms with Crippen molar-refractivity contribution in [3.8, 4) is 0 Å². The molecule has 1 fully saturated rings. The third-order valence-electron chi connectivity index (χ3n) is 3.91. The molecular weight excluding hydrogens is 376 g/mol. The molecule has 1 aromatic carbocycles. The van der Waals surface area contributed by atoms with Gasteiger partial charge in [0.15, 0.2) is 0 Å². The number of nitrogens with zero attached hydrogens (tertiary/aromatic N) is 4. The SMILES string of the molecule is O=S(=O)(c1ccccc1F)N1CCN(c2nccc(C(F)(F)F)n2)CC1. The van der Waals surface area contributed by atoms with Crippen LogP contribution in [0.4, 0.5) is 23.5 Å². The topological polar surface area (TPSA) is 66.4 Å². The molecule has 0 bridgehead atoms. The molecule has 0 saturated carbocycles. The van der Waals surface area contributed by atoms with Crippen molar-refractivity contribution in [2.75, 3.05) is 31.1 Å². The molecule has 0 amide bonds. The number of benzene rings is 1. The third-order valence-corrected chi connectivity index (χ3v) is 5.84. The van der Waals surface area contributed by atoms with E-state index in [0.717, 1.165) is 22.6 Å². The standard InChI is InChI=1S/C15H14F4N4O2S/c16-11-3-1-2-4-12(11)26(24,25)23-9-7-22(8-10-23)14-20-6-5-13(21-14)15(17,18)19/h1-6H,7-10H2. The Kier molecular flexibility index (Phi) is 4.84. The van der Waals surface area contributed by atoms with Crippen LogP contribution in [0.1, 0.15) is 5.69 Å². The third kappa shape index (κ3) is 3.63. The maximum absolute atomic E-state index is 13.8. The van der Waals surface area contributed by atoms with Crippen molar-refractivity contribution in [1.82, 2.24) is 14.3 Å². The first-order valence-electron chi connectivity index (χ1n) is 7.59. The molecule has 11 heteroatoms. The van der Waals surface area contributed by atoms with E-state index in [9.17, 15) is 26.0 Å². The zero-order valence-electron chi connectivity index (χ0n) is 13.3. The summed E-state index contributed by atoms with van der Waals surface area (Å²) in [5.41, 5.74) is -1.07. The number of hydrogen-bond donors (Lipinski definition) is 0. The van der Waals surface area contributed by atoms with E-state index < -0.39 is 32.6 Å². The highest BCUT2D eigenvalue weighted by atomic mass is 32.2. The fourth-order valence-electron chi connectivity index (χ4n) is 2.58. The number of rotatable bonds is 3. The van der Waals surface area contributed by atoms with Crippen molar-refractivity contribution in [3.63, 3.8) is 0 Å². The highest BCUT2D eigenvalue weighted by molar-refractivity contribution is 7.89. The van der Waals surface area contributed by atoms with E-state index in [1.165, 1.54) is 23.1 Å². The Morgan fingerprint density at radius 1 is 1.00 bits per heavy atom. The normalized spacial score (nSPS) is 16.7. The molecule has 3 rings (SSSR count). The largest absolute Gasteiger partial charge is 0.433 e. The molecule has 0 aliphatic carbocycles. The molecule has 0 atom stereocenters. The Bertz CT molecular complexity index is 897. The van der Waals surface area contributed by atoms with Crippen LogP contribution in [-0.4, -0.2) is 48.9 Å². The monoisotopic (exact) mass is 390 g/mol. The number of halogens is 4. The van der Waals surface area contributed by atoms with E-state index in [-0.39, 0.29) is 32.1 Å². The van der Waals surface area contributed by atoms with Crippen LogP contribution in [0.2, 0.25) is 0 Å². The highest BCUT2D eigenvalue weighted by Gasteiger charge is 2.34. The average Bonchev–Trinajstić information content (AvgIpc) is 2.61. The Morgan fingerprint density at radius 3 is 2.27 bits per heavy atom. The molecule has 140 valence electrons. The molecule has 0 unspecified atom stereocenters. The summed E-state index contributed by atoms with van der Waals surface area (Å²) in [6.07, 6.45) is -3.58. The number of alkyl halides is 3. The van der Waals surface area contributed by atoms with Gasteiger partial charge in [0, 0.05) is 32.4 Å². The van der Waals surface area contributed by atoms with Gasteiger partial charge in [-0.3, -0.25) is 0 Å². The van der Waals surface area contributed by atoms with Gasteiger partial charge in [0.2, 0.25) is 16.0 Å². The predicted molar refractivity (Wildman–Crippen MR) is 84.4 cm³/mol. The molecule has 2 aromatic rings. The molecule has 2 heterocycles. The Balaban J connectivity index is 1.75. The first-order chi connectivity index (χ1) is 12.2. The number of sulfonamides is 1. The van der Waals surface area contributed by atoms with Crippen LogP contribution in [0.25, 0.3) is 0 Å². The number of hydrogen-bond acceptors (Lipinski definition) is 5. The van der Waals surface area contributed by atoms with Crippen molar-refractivity contribution < 1.29 is 26.0 Å². The lowest BCUT2D eigenvalue weighted by Crippen LogP contribution is -2.49. The Morgan fingerprint density at radius 2 is 1.65 bits per heavy atom. The van der Waals surface area contributed by atoms with Crippen molar-refractivity contribution in [3.05, 3.63) is 48.0 Å². The summed E-state index contributed by atoms with van der Waals surface area (Å²) in [7, 11) is -4.02. The first-order valence-corrected chi connectivity index (χ1v) is 9.03. The zero-order chi connectivity index (χ0) is 18.9. The second-order valence-corrected chi connectivity index (χ2v) is 7.47. The van der Waals surface area contributed by atoms with Crippen LogP contribution in [0.15, 0.2) is 41.4 Å². The van der Waals surface area contributed by atoms with Crippen molar-refractivity contribution in [2.24, 2.45) is 0 Å². The van der Waals surface area contributed by atoms with Crippen LogP contribution in [0, 0.1) is 5.82 Å². The second kappa shape index (κ2) is 6.80. The number of piperazine rings is 1. The maximum Gasteiger partial charge on any atom is 0.433 e. The van der Waals surface area contributed by atoms with E-state index >= 15 is 0 Å². The molecule has 0 radical (unpaired) electrons. The maximum atomic E-state index is 13.8. The number of anilines is 1. The first kappa shape index (κ1) is 18.5. The van der Waals surface area contributed by atoms with Crippen LogP contribution in [-0.2, 0) is 16.2 Å². The minimum atomic E-state index is -4.59. The number of aromatic nitrogens is 2. The minimum absolute atomic E-state index is 0.0176. The van der Waals surface area contributed by atoms with Crippen molar-refractivity contribution >= 4 is 16.0 Å². The van der Waals surface area contributed by atoms with Gasteiger partial charge in [-0.1, -0.05) is 12.1 Å². The zero-order valence-corrected chi connectivity index (χ0v) is 14.1. The van der Waals surface area contributed by atoms with Gasteiger partial charge in [-0.05, 0) is 18.2 Å². The lowest BCUT2D eigenvalue weighted by Gasteiger charge is -2.34. The van der Waals surface area contributed by atoms with E-state index in [0.29, 0.717) is 0 Å². The molecule has 6 nitrogen and oxygen atoms in total. The fourth-order valence-corrected chi connectivity index (χ4v) is 4.07. The van der Waals surface area contributed by atoms with E-state index in [4.69, 9.17) is 0 Å². The van der Waals surface area contributed by atoms with Gasteiger partial charge in [-0.25, -0.2) is 22.8 Å². The van der Waals surface area contributed by atoms with Gasteiger partial charge in [0.05, 0.1) is 0 Å². The molecule has 0 N–H and O–H groups in total. The second-order valence-electron chi connectivity index (χ2n) is 5.56. The molecule has 1 saturated heterocycles. The minimum Gasteiger partial charge on any atom is -0.338 e. The van der Waals surface area contributed by atoms with E-state index in [1.807, 2.05) is 0 Å². The summed E-state index contributed by atoms with van der Waals surface area (Å²) in [6.45, 7) is 0.149.